The fourth-order valence-electron chi connectivity index (χ4n) is 2.63. The molecule has 0 radical (unpaired) electrons. The highest BCUT2D eigenvalue weighted by molar-refractivity contribution is 14.1. The molecular formula is C15H21BINO3. The number of hydrogen-bond donors (Lipinski definition) is 0. The Hall–Kier alpha value is -0.175. The number of ether oxygens (including phenoxy) is 1. The van der Waals surface area contributed by atoms with E-state index in [-0.39, 0.29) is 18.3 Å². The van der Waals surface area contributed by atoms with E-state index >= 15 is 0 Å². The van der Waals surface area contributed by atoms with Gasteiger partial charge in [-0.05, 0) is 74.3 Å². The lowest BCUT2D eigenvalue weighted by Crippen LogP contribution is -2.41. The van der Waals surface area contributed by atoms with Gasteiger partial charge in [0.15, 0.2) is 0 Å². The molecular weight excluding hydrogens is 380 g/mol. The zero-order valence-corrected chi connectivity index (χ0v) is 15.1. The van der Waals surface area contributed by atoms with Crippen LogP contribution in [-0.4, -0.2) is 36.5 Å². The molecule has 6 heteroatoms. The van der Waals surface area contributed by atoms with Crippen LogP contribution in [0.2, 0.25) is 0 Å². The highest BCUT2D eigenvalue weighted by Gasteiger charge is 2.51. The molecule has 1 unspecified atom stereocenters. The zero-order valence-electron chi connectivity index (χ0n) is 13.0. The number of pyridine rings is 1. The molecule has 0 N–H and O–H groups in total. The monoisotopic (exact) mass is 401 g/mol. The van der Waals surface area contributed by atoms with E-state index in [1.165, 1.54) is 0 Å². The van der Waals surface area contributed by atoms with E-state index in [1.807, 2.05) is 6.07 Å². The van der Waals surface area contributed by atoms with Crippen molar-refractivity contribution in [1.82, 2.24) is 4.98 Å². The van der Waals surface area contributed by atoms with Gasteiger partial charge in [-0.15, -0.1) is 0 Å². The van der Waals surface area contributed by atoms with Gasteiger partial charge in [-0.1, -0.05) is 0 Å². The SMILES string of the molecule is CC1(C)OB(c2cc(I)nc(C3CCOC3)c2)OC1(C)C. The van der Waals surface area contributed by atoms with Crippen molar-refractivity contribution >= 4 is 35.2 Å². The third-order valence-corrected chi connectivity index (χ3v) is 5.26. The average molecular weight is 401 g/mol. The number of aromatic nitrogens is 1. The van der Waals surface area contributed by atoms with E-state index in [0.717, 1.165) is 34.5 Å². The first-order chi connectivity index (χ1) is 9.78. The quantitative estimate of drug-likeness (QED) is 0.434. The van der Waals surface area contributed by atoms with Gasteiger partial charge in [-0.2, -0.15) is 0 Å². The zero-order chi connectivity index (χ0) is 15.3. The molecule has 0 bridgehead atoms. The average Bonchev–Trinajstić information content (AvgIpc) is 2.96. The summed E-state index contributed by atoms with van der Waals surface area (Å²) < 4.78 is 18.7. The molecule has 1 aromatic rings. The van der Waals surface area contributed by atoms with Crippen molar-refractivity contribution in [3.05, 3.63) is 21.5 Å². The lowest BCUT2D eigenvalue weighted by molar-refractivity contribution is 0.00578. The molecule has 1 atom stereocenters. The second-order valence-electron chi connectivity index (χ2n) is 6.80. The maximum Gasteiger partial charge on any atom is 0.494 e. The molecule has 21 heavy (non-hydrogen) atoms. The van der Waals surface area contributed by atoms with Gasteiger partial charge in [0, 0.05) is 18.2 Å². The molecule has 2 aliphatic rings. The van der Waals surface area contributed by atoms with Crippen LogP contribution in [0.5, 0.6) is 0 Å². The Bertz CT molecular complexity index is 528. The van der Waals surface area contributed by atoms with Crippen LogP contribution in [0.4, 0.5) is 0 Å². The minimum atomic E-state index is -0.326. The van der Waals surface area contributed by atoms with E-state index in [0.29, 0.717) is 5.92 Å². The molecule has 0 amide bonds. The first kappa shape index (κ1) is 15.7. The van der Waals surface area contributed by atoms with Crippen LogP contribution in [0.25, 0.3) is 0 Å². The van der Waals surface area contributed by atoms with Gasteiger partial charge in [0.1, 0.15) is 3.70 Å². The second kappa shape index (κ2) is 5.47. The Morgan fingerprint density at radius 3 is 2.43 bits per heavy atom. The Kier molecular flexibility index (Phi) is 4.10. The number of nitrogens with zero attached hydrogens (tertiary/aromatic N) is 1. The van der Waals surface area contributed by atoms with Crippen molar-refractivity contribution in [2.24, 2.45) is 0 Å². The maximum absolute atomic E-state index is 6.14. The van der Waals surface area contributed by atoms with Gasteiger partial charge in [0.2, 0.25) is 0 Å². The van der Waals surface area contributed by atoms with Crippen molar-refractivity contribution in [1.29, 1.82) is 0 Å². The van der Waals surface area contributed by atoms with Crippen LogP contribution in [-0.2, 0) is 14.0 Å². The largest absolute Gasteiger partial charge is 0.494 e. The smallest absolute Gasteiger partial charge is 0.399 e. The van der Waals surface area contributed by atoms with Gasteiger partial charge in [0.05, 0.1) is 17.8 Å². The topological polar surface area (TPSA) is 40.6 Å². The summed E-state index contributed by atoms with van der Waals surface area (Å²) in [6, 6.07) is 4.16. The Balaban J connectivity index is 1.89. The number of hydrogen-bond acceptors (Lipinski definition) is 4. The summed E-state index contributed by atoms with van der Waals surface area (Å²) in [6.07, 6.45) is 1.04. The molecule has 2 fully saturated rings. The van der Waals surface area contributed by atoms with Gasteiger partial charge in [-0.3, -0.25) is 0 Å². The van der Waals surface area contributed by atoms with E-state index in [1.54, 1.807) is 0 Å². The molecule has 3 rings (SSSR count). The summed E-state index contributed by atoms with van der Waals surface area (Å²) in [4.78, 5) is 4.66. The summed E-state index contributed by atoms with van der Waals surface area (Å²) >= 11 is 2.26. The van der Waals surface area contributed by atoms with Crippen LogP contribution < -0.4 is 5.46 Å². The summed E-state index contributed by atoms with van der Waals surface area (Å²) in [5.74, 6) is 0.390. The Morgan fingerprint density at radius 2 is 1.86 bits per heavy atom. The lowest BCUT2D eigenvalue weighted by atomic mass is 9.78. The molecule has 2 aliphatic heterocycles. The van der Waals surface area contributed by atoms with Crippen LogP contribution in [0.1, 0.15) is 45.7 Å². The Morgan fingerprint density at radius 1 is 1.19 bits per heavy atom. The summed E-state index contributed by atoms with van der Waals surface area (Å²) in [6.45, 7) is 9.88. The fraction of sp³-hybridized carbons (Fsp3) is 0.667. The highest BCUT2D eigenvalue weighted by Crippen LogP contribution is 2.36. The second-order valence-corrected chi connectivity index (χ2v) is 7.90. The van der Waals surface area contributed by atoms with E-state index < -0.39 is 0 Å². The standard InChI is InChI=1S/C15H21BINO3/c1-14(2)15(3,4)21-16(20-14)11-7-12(18-13(17)8-11)10-5-6-19-9-10/h7-8,10H,5-6,9H2,1-4H3. The van der Waals surface area contributed by atoms with Crippen molar-refractivity contribution in [2.45, 2.75) is 51.2 Å². The maximum atomic E-state index is 6.14. The predicted octanol–water partition coefficient (Wildman–Crippen LogP) is 2.49. The minimum absolute atomic E-state index is 0.316. The molecule has 1 aromatic heterocycles. The lowest BCUT2D eigenvalue weighted by Gasteiger charge is -2.32. The summed E-state index contributed by atoms with van der Waals surface area (Å²) in [5, 5.41) is 0. The molecule has 0 aromatic carbocycles. The van der Waals surface area contributed by atoms with E-state index in [4.69, 9.17) is 14.0 Å². The third kappa shape index (κ3) is 3.00. The number of halogens is 1. The third-order valence-electron chi connectivity index (χ3n) is 4.71. The molecule has 2 saturated heterocycles. The van der Waals surface area contributed by atoms with Crippen molar-refractivity contribution in [3.8, 4) is 0 Å². The van der Waals surface area contributed by atoms with Crippen molar-refractivity contribution < 1.29 is 14.0 Å². The summed E-state index contributed by atoms with van der Waals surface area (Å²) in [7, 11) is -0.326. The van der Waals surface area contributed by atoms with Gasteiger partial charge < -0.3 is 14.0 Å². The van der Waals surface area contributed by atoms with Gasteiger partial charge in [0.25, 0.3) is 0 Å². The van der Waals surface area contributed by atoms with E-state index in [2.05, 4.69) is 61.3 Å². The normalized spacial score (nSPS) is 27.3. The van der Waals surface area contributed by atoms with Gasteiger partial charge >= 0.3 is 7.12 Å². The molecule has 0 saturated carbocycles. The molecule has 3 heterocycles. The van der Waals surface area contributed by atoms with Gasteiger partial charge in [-0.25, -0.2) is 4.98 Å². The van der Waals surface area contributed by atoms with Crippen LogP contribution in [0.15, 0.2) is 12.1 Å². The molecule has 0 spiro atoms. The minimum Gasteiger partial charge on any atom is -0.399 e. The van der Waals surface area contributed by atoms with E-state index in [9.17, 15) is 0 Å². The number of rotatable bonds is 2. The van der Waals surface area contributed by atoms with Crippen molar-refractivity contribution in [2.75, 3.05) is 13.2 Å². The van der Waals surface area contributed by atoms with Crippen molar-refractivity contribution in [3.63, 3.8) is 0 Å². The first-order valence-electron chi connectivity index (χ1n) is 7.39. The molecule has 114 valence electrons. The Labute approximate surface area is 140 Å². The summed E-state index contributed by atoms with van der Waals surface area (Å²) in [5.41, 5.74) is 1.51. The molecule has 0 aliphatic carbocycles. The molecule has 4 nitrogen and oxygen atoms in total. The highest BCUT2D eigenvalue weighted by atomic mass is 127. The fourth-order valence-corrected chi connectivity index (χ4v) is 3.27. The van der Waals surface area contributed by atoms with Crippen LogP contribution in [0, 0.1) is 3.70 Å². The first-order valence-corrected chi connectivity index (χ1v) is 8.47. The predicted molar refractivity (Wildman–Crippen MR) is 90.8 cm³/mol. The van der Waals surface area contributed by atoms with Crippen LogP contribution in [0.3, 0.4) is 0 Å². The van der Waals surface area contributed by atoms with Crippen LogP contribution >= 0.6 is 22.6 Å².